The predicted molar refractivity (Wildman–Crippen MR) is 88.8 cm³/mol. The van der Waals surface area contributed by atoms with E-state index in [9.17, 15) is 9.90 Å². The van der Waals surface area contributed by atoms with Crippen LogP contribution in [0.25, 0.3) is 0 Å². The zero-order valence-corrected chi connectivity index (χ0v) is 13.4. The van der Waals surface area contributed by atoms with E-state index in [-0.39, 0.29) is 11.7 Å². The molecule has 2 aromatic rings. The van der Waals surface area contributed by atoms with Gasteiger partial charge in [0.15, 0.2) is 0 Å². The molecule has 0 bridgehead atoms. The first kappa shape index (κ1) is 16.4. The zero-order valence-electron chi connectivity index (χ0n) is 12.6. The first-order valence-electron chi connectivity index (χ1n) is 7.21. The SMILES string of the molecule is CN(Cc1ccccn1)C(=O)CCCSc1ccc(O)cc1. The summed E-state index contributed by atoms with van der Waals surface area (Å²) in [7, 11) is 1.81. The van der Waals surface area contributed by atoms with Crippen molar-refractivity contribution in [2.45, 2.75) is 24.3 Å². The highest BCUT2D eigenvalue weighted by molar-refractivity contribution is 7.99. The number of hydrogen-bond acceptors (Lipinski definition) is 4. The summed E-state index contributed by atoms with van der Waals surface area (Å²) >= 11 is 1.69. The number of hydrogen-bond donors (Lipinski definition) is 1. The summed E-state index contributed by atoms with van der Waals surface area (Å²) in [4.78, 5) is 19.1. The van der Waals surface area contributed by atoms with Gasteiger partial charge in [-0.15, -0.1) is 11.8 Å². The van der Waals surface area contributed by atoms with E-state index in [1.807, 2.05) is 37.4 Å². The molecule has 0 radical (unpaired) electrons. The van der Waals surface area contributed by atoms with Crippen LogP contribution in [0, 0.1) is 0 Å². The summed E-state index contributed by atoms with van der Waals surface area (Å²) in [5.74, 6) is 1.29. The van der Waals surface area contributed by atoms with Crippen LogP contribution in [0.3, 0.4) is 0 Å². The standard InChI is InChI=1S/C17H20N2O2S/c1-19(13-14-5-2-3-11-18-14)17(21)6-4-12-22-16-9-7-15(20)8-10-16/h2-3,5,7-11,20H,4,6,12-13H2,1H3. The smallest absolute Gasteiger partial charge is 0.222 e. The van der Waals surface area contributed by atoms with Crippen molar-refractivity contribution in [3.63, 3.8) is 0 Å². The van der Waals surface area contributed by atoms with E-state index in [0.29, 0.717) is 13.0 Å². The fraction of sp³-hybridized carbons (Fsp3) is 0.294. The summed E-state index contributed by atoms with van der Waals surface area (Å²) in [6.45, 7) is 0.546. The van der Waals surface area contributed by atoms with Gasteiger partial charge < -0.3 is 10.0 Å². The summed E-state index contributed by atoms with van der Waals surface area (Å²) in [5.41, 5.74) is 0.900. The Morgan fingerprint density at radius 2 is 2.00 bits per heavy atom. The summed E-state index contributed by atoms with van der Waals surface area (Å²) in [6, 6.07) is 12.8. The molecule has 0 aliphatic carbocycles. The average Bonchev–Trinajstić information content (AvgIpc) is 2.54. The molecular weight excluding hydrogens is 296 g/mol. The van der Waals surface area contributed by atoms with Crippen molar-refractivity contribution in [2.24, 2.45) is 0 Å². The molecule has 5 heteroatoms. The number of aromatic hydroxyl groups is 1. The molecule has 1 aromatic carbocycles. The van der Waals surface area contributed by atoms with Gasteiger partial charge in [0.2, 0.25) is 5.91 Å². The molecule has 1 heterocycles. The Balaban J connectivity index is 1.67. The fourth-order valence-electron chi connectivity index (χ4n) is 1.97. The highest BCUT2D eigenvalue weighted by Crippen LogP contribution is 2.21. The number of amides is 1. The predicted octanol–water partition coefficient (Wildman–Crippen LogP) is 3.32. The van der Waals surface area contributed by atoms with Crippen LogP contribution in [0.5, 0.6) is 5.75 Å². The minimum atomic E-state index is 0.136. The number of carbonyl (C=O) groups excluding carboxylic acids is 1. The Labute approximate surface area is 135 Å². The highest BCUT2D eigenvalue weighted by atomic mass is 32.2. The van der Waals surface area contributed by atoms with Gasteiger partial charge in [-0.2, -0.15) is 0 Å². The van der Waals surface area contributed by atoms with E-state index >= 15 is 0 Å². The molecule has 116 valence electrons. The summed E-state index contributed by atoms with van der Waals surface area (Å²) in [6.07, 6.45) is 3.10. The number of aromatic nitrogens is 1. The topological polar surface area (TPSA) is 53.4 Å². The maximum absolute atomic E-state index is 12.1. The monoisotopic (exact) mass is 316 g/mol. The van der Waals surface area contributed by atoms with Crippen molar-refractivity contribution >= 4 is 17.7 Å². The molecular formula is C17H20N2O2S. The molecule has 0 aliphatic heterocycles. The lowest BCUT2D eigenvalue weighted by atomic mass is 10.3. The van der Waals surface area contributed by atoms with E-state index in [2.05, 4.69) is 4.98 Å². The number of pyridine rings is 1. The minimum absolute atomic E-state index is 0.136. The third-order valence-corrected chi connectivity index (χ3v) is 4.29. The normalized spacial score (nSPS) is 10.4. The number of benzene rings is 1. The maximum atomic E-state index is 12.1. The van der Waals surface area contributed by atoms with Gasteiger partial charge in [0.25, 0.3) is 0 Å². The second-order valence-electron chi connectivity index (χ2n) is 5.02. The number of phenolic OH excluding ortho intramolecular Hbond substituents is 1. The van der Waals surface area contributed by atoms with Gasteiger partial charge in [0.05, 0.1) is 12.2 Å². The first-order chi connectivity index (χ1) is 10.6. The second-order valence-corrected chi connectivity index (χ2v) is 6.19. The molecule has 0 fully saturated rings. The molecule has 2 rings (SSSR count). The Morgan fingerprint density at radius 1 is 1.23 bits per heavy atom. The number of rotatable bonds is 7. The van der Waals surface area contributed by atoms with Gasteiger partial charge in [-0.25, -0.2) is 0 Å². The van der Waals surface area contributed by atoms with Crippen LogP contribution in [0.1, 0.15) is 18.5 Å². The van der Waals surface area contributed by atoms with Crippen molar-refractivity contribution in [3.8, 4) is 5.75 Å². The van der Waals surface area contributed by atoms with E-state index in [4.69, 9.17) is 0 Å². The van der Waals surface area contributed by atoms with Gasteiger partial charge in [0, 0.05) is 24.6 Å². The van der Waals surface area contributed by atoms with E-state index in [1.54, 1.807) is 35.0 Å². The fourth-order valence-corrected chi connectivity index (χ4v) is 2.82. The van der Waals surface area contributed by atoms with Crippen LogP contribution in [0.4, 0.5) is 0 Å². The van der Waals surface area contributed by atoms with Crippen LogP contribution in [-0.2, 0) is 11.3 Å². The Kier molecular flexibility index (Phi) is 6.27. The number of nitrogens with zero attached hydrogens (tertiary/aromatic N) is 2. The molecule has 4 nitrogen and oxygen atoms in total. The van der Waals surface area contributed by atoms with E-state index in [0.717, 1.165) is 22.8 Å². The Hall–Kier alpha value is -2.01. The van der Waals surface area contributed by atoms with Crippen LogP contribution in [-0.4, -0.2) is 33.7 Å². The molecule has 22 heavy (non-hydrogen) atoms. The number of phenols is 1. The molecule has 0 atom stereocenters. The average molecular weight is 316 g/mol. The van der Waals surface area contributed by atoms with Crippen molar-refractivity contribution in [1.29, 1.82) is 0 Å². The molecule has 1 N–H and O–H groups in total. The lowest BCUT2D eigenvalue weighted by molar-refractivity contribution is -0.130. The van der Waals surface area contributed by atoms with Crippen LogP contribution >= 0.6 is 11.8 Å². The Morgan fingerprint density at radius 3 is 2.68 bits per heavy atom. The summed E-state index contributed by atoms with van der Waals surface area (Å²) < 4.78 is 0. The van der Waals surface area contributed by atoms with Gasteiger partial charge >= 0.3 is 0 Å². The van der Waals surface area contributed by atoms with Crippen LogP contribution in [0.2, 0.25) is 0 Å². The van der Waals surface area contributed by atoms with Crippen molar-refractivity contribution in [3.05, 3.63) is 54.4 Å². The first-order valence-corrected chi connectivity index (χ1v) is 8.19. The molecule has 0 saturated carbocycles. The lowest BCUT2D eigenvalue weighted by Gasteiger charge is -2.16. The number of thioether (sulfide) groups is 1. The zero-order chi connectivity index (χ0) is 15.8. The quantitative estimate of drug-likeness (QED) is 0.629. The molecule has 1 amide bonds. The second kappa shape index (κ2) is 8.44. The molecule has 0 spiro atoms. The van der Waals surface area contributed by atoms with E-state index < -0.39 is 0 Å². The third kappa shape index (κ3) is 5.41. The molecule has 0 saturated heterocycles. The molecule has 0 aliphatic rings. The lowest BCUT2D eigenvalue weighted by Crippen LogP contribution is -2.26. The van der Waals surface area contributed by atoms with Crippen LogP contribution in [0.15, 0.2) is 53.6 Å². The summed E-state index contributed by atoms with van der Waals surface area (Å²) in [5, 5.41) is 9.22. The Bertz CT molecular complexity index is 587. The highest BCUT2D eigenvalue weighted by Gasteiger charge is 2.09. The number of carbonyl (C=O) groups is 1. The molecule has 1 aromatic heterocycles. The van der Waals surface area contributed by atoms with E-state index in [1.165, 1.54) is 0 Å². The van der Waals surface area contributed by atoms with Gasteiger partial charge in [-0.05, 0) is 48.6 Å². The largest absolute Gasteiger partial charge is 0.508 e. The van der Waals surface area contributed by atoms with Crippen molar-refractivity contribution in [1.82, 2.24) is 9.88 Å². The minimum Gasteiger partial charge on any atom is -0.508 e. The maximum Gasteiger partial charge on any atom is 0.222 e. The van der Waals surface area contributed by atoms with Gasteiger partial charge in [0.1, 0.15) is 5.75 Å². The van der Waals surface area contributed by atoms with Crippen LogP contribution < -0.4 is 0 Å². The third-order valence-electron chi connectivity index (χ3n) is 3.19. The van der Waals surface area contributed by atoms with Crippen molar-refractivity contribution in [2.75, 3.05) is 12.8 Å². The van der Waals surface area contributed by atoms with Gasteiger partial charge in [-0.3, -0.25) is 9.78 Å². The molecule has 0 unspecified atom stereocenters. The van der Waals surface area contributed by atoms with Crippen molar-refractivity contribution < 1.29 is 9.90 Å². The van der Waals surface area contributed by atoms with Gasteiger partial charge in [-0.1, -0.05) is 6.07 Å².